The average molecular weight is 406 g/mol. The largest absolute Gasteiger partial charge is 0.398 e. The van der Waals surface area contributed by atoms with Crippen molar-refractivity contribution in [2.75, 3.05) is 11.5 Å². The van der Waals surface area contributed by atoms with Crippen LogP contribution in [-0.4, -0.2) is 21.1 Å². The van der Waals surface area contributed by atoms with Gasteiger partial charge in [0.25, 0.3) is 0 Å². The van der Waals surface area contributed by atoms with Crippen molar-refractivity contribution in [3.05, 3.63) is 54.7 Å². The molecule has 3 aromatic rings. The molecule has 0 spiro atoms. The van der Waals surface area contributed by atoms with Crippen molar-refractivity contribution in [2.45, 2.75) is 39.3 Å². The van der Waals surface area contributed by atoms with Crippen molar-refractivity contribution in [1.82, 2.24) is 4.98 Å². The lowest BCUT2D eigenvalue weighted by molar-refractivity contribution is 1.34. The first kappa shape index (κ1) is 20.4. The number of nitrogen functional groups attached to an aromatic ring is 2. The van der Waals surface area contributed by atoms with Gasteiger partial charge in [-0.05, 0) is 11.1 Å². The molecule has 1 heterocycles. The van der Waals surface area contributed by atoms with Gasteiger partial charge in [0.05, 0.1) is 21.8 Å². The van der Waals surface area contributed by atoms with Crippen molar-refractivity contribution in [1.29, 1.82) is 0 Å². The third-order valence-electron chi connectivity index (χ3n) is 5.25. The van der Waals surface area contributed by atoms with Crippen LogP contribution < -0.4 is 21.8 Å². The highest BCUT2D eigenvalue weighted by Crippen LogP contribution is 2.37. The number of benzene rings is 2. The van der Waals surface area contributed by atoms with Gasteiger partial charge in [-0.3, -0.25) is 0 Å². The quantitative estimate of drug-likeness (QED) is 0.620. The third-order valence-corrected chi connectivity index (χ3v) is 9.38. The Bertz CT molecular complexity index is 981. The van der Waals surface area contributed by atoms with Gasteiger partial charge in [0.2, 0.25) is 0 Å². The Hall–Kier alpha value is -2.38. The van der Waals surface area contributed by atoms with Gasteiger partial charge in [-0.1, -0.05) is 98.2 Å². The summed E-state index contributed by atoms with van der Waals surface area (Å²) in [6.45, 7) is 14.1. The maximum Gasteiger partial charge on any atom is 0.133 e. The summed E-state index contributed by atoms with van der Waals surface area (Å²) in [4.78, 5) is 4.45. The third kappa shape index (κ3) is 4.05. The minimum absolute atomic E-state index is 0.473. The van der Waals surface area contributed by atoms with E-state index in [1.54, 1.807) is 6.20 Å². The molecular formula is C23H31N3Si2. The van der Waals surface area contributed by atoms with Gasteiger partial charge in [-0.25, -0.2) is 4.98 Å². The molecule has 0 atom stereocenters. The second-order valence-corrected chi connectivity index (χ2v) is 19.7. The van der Waals surface area contributed by atoms with E-state index < -0.39 is 16.1 Å². The van der Waals surface area contributed by atoms with Crippen LogP contribution >= 0.6 is 0 Å². The maximum absolute atomic E-state index is 6.59. The lowest BCUT2D eigenvalue weighted by Crippen LogP contribution is -2.37. The summed E-state index contributed by atoms with van der Waals surface area (Å²) < 4.78 is 0. The van der Waals surface area contributed by atoms with Crippen LogP contribution in [0.5, 0.6) is 0 Å². The number of hydrogen-bond donors (Lipinski definition) is 2. The van der Waals surface area contributed by atoms with Crippen LogP contribution in [0.3, 0.4) is 0 Å². The Morgan fingerprint density at radius 3 is 1.50 bits per heavy atom. The number of pyridine rings is 1. The van der Waals surface area contributed by atoms with Crippen LogP contribution in [0, 0.1) is 0 Å². The molecule has 0 saturated heterocycles. The summed E-state index contributed by atoms with van der Waals surface area (Å²) in [6, 6.07) is 17.4. The summed E-state index contributed by atoms with van der Waals surface area (Å²) >= 11 is 0. The molecule has 2 aromatic carbocycles. The van der Waals surface area contributed by atoms with E-state index in [1.165, 1.54) is 10.4 Å². The van der Waals surface area contributed by atoms with Crippen LogP contribution in [-0.2, 0) is 0 Å². The Morgan fingerprint density at radius 1 is 0.643 bits per heavy atom. The molecule has 0 aliphatic rings. The summed E-state index contributed by atoms with van der Waals surface area (Å²) in [6.07, 6.45) is 1.79. The number of anilines is 2. The SMILES string of the molecule is C[Si](C)(C)c1ccc(-c2cnc(N)c(-c3ccc([Si](C)(C)C)cc3)c2N)cc1. The molecule has 1 aromatic heterocycles. The molecule has 146 valence electrons. The predicted octanol–water partition coefficient (Wildman–Crippen LogP) is 4.67. The minimum atomic E-state index is -1.34. The molecule has 0 amide bonds. The molecule has 5 heteroatoms. The molecule has 0 aliphatic heterocycles. The lowest BCUT2D eigenvalue weighted by atomic mass is 9.98. The standard InChI is InChI=1S/C23H31N3Si2/c1-27(2,3)18-11-7-16(8-12-18)20-15-26-23(25)21(22(20)24)17-9-13-19(14-10-17)28(4,5)6/h7-15H,1-6H3,(H4,24,25,26). The first-order valence-corrected chi connectivity index (χ1v) is 16.7. The molecule has 4 N–H and O–H groups in total. The van der Waals surface area contributed by atoms with E-state index in [0.29, 0.717) is 11.5 Å². The smallest absolute Gasteiger partial charge is 0.133 e. The molecule has 0 fully saturated rings. The number of nitrogens with zero attached hydrogens (tertiary/aromatic N) is 1. The van der Waals surface area contributed by atoms with E-state index in [9.17, 15) is 0 Å². The topological polar surface area (TPSA) is 64.9 Å². The average Bonchev–Trinajstić information content (AvgIpc) is 2.61. The molecule has 0 saturated carbocycles. The van der Waals surface area contributed by atoms with Crippen LogP contribution in [0.15, 0.2) is 54.7 Å². The zero-order valence-corrected chi connectivity index (χ0v) is 19.8. The second kappa shape index (κ2) is 7.22. The first-order chi connectivity index (χ1) is 13.0. The zero-order valence-electron chi connectivity index (χ0n) is 17.8. The molecule has 3 nitrogen and oxygen atoms in total. The van der Waals surface area contributed by atoms with E-state index in [4.69, 9.17) is 11.5 Å². The summed E-state index contributed by atoms with van der Waals surface area (Å²) in [7, 11) is -2.67. The predicted molar refractivity (Wildman–Crippen MR) is 130 cm³/mol. The van der Waals surface area contributed by atoms with Gasteiger partial charge >= 0.3 is 0 Å². The van der Waals surface area contributed by atoms with Crippen molar-refractivity contribution in [3.8, 4) is 22.3 Å². The zero-order chi connectivity index (χ0) is 20.7. The minimum Gasteiger partial charge on any atom is -0.398 e. The van der Waals surface area contributed by atoms with Gasteiger partial charge in [0.1, 0.15) is 5.82 Å². The van der Waals surface area contributed by atoms with Gasteiger partial charge in [0.15, 0.2) is 0 Å². The van der Waals surface area contributed by atoms with Gasteiger partial charge < -0.3 is 11.5 Å². The molecule has 3 rings (SSSR count). The van der Waals surface area contributed by atoms with Crippen molar-refractivity contribution in [3.63, 3.8) is 0 Å². The lowest BCUT2D eigenvalue weighted by Gasteiger charge is -2.19. The molecule has 28 heavy (non-hydrogen) atoms. The molecular weight excluding hydrogens is 374 g/mol. The summed E-state index contributed by atoms with van der Waals surface area (Å²) in [5.41, 5.74) is 17.4. The molecule has 0 radical (unpaired) electrons. The number of aromatic nitrogens is 1. The molecule has 0 bridgehead atoms. The summed E-state index contributed by atoms with van der Waals surface area (Å²) in [5.74, 6) is 0.473. The number of rotatable bonds is 4. The molecule has 0 aliphatic carbocycles. The van der Waals surface area contributed by atoms with Crippen molar-refractivity contribution < 1.29 is 0 Å². The fourth-order valence-electron chi connectivity index (χ4n) is 3.36. The Kier molecular flexibility index (Phi) is 5.25. The Labute approximate surface area is 170 Å². The molecule has 0 unspecified atom stereocenters. The number of hydrogen-bond acceptors (Lipinski definition) is 3. The summed E-state index contributed by atoms with van der Waals surface area (Å²) in [5, 5.41) is 2.85. The van der Waals surface area contributed by atoms with Gasteiger partial charge in [-0.15, -0.1) is 0 Å². The van der Waals surface area contributed by atoms with Crippen molar-refractivity contribution in [2.24, 2.45) is 0 Å². The van der Waals surface area contributed by atoms with Crippen LogP contribution in [0.2, 0.25) is 39.3 Å². The van der Waals surface area contributed by atoms with E-state index in [0.717, 1.165) is 22.3 Å². The van der Waals surface area contributed by atoms with Crippen LogP contribution in [0.25, 0.3) is 22.3 Å². The van der Waals surface area contributed by atoms with E-state index in [2.05, 4.69) is 92.8 Å². The normalized spacial score (nSPS) is 12.2. The van der Waals surface area contributed by atoms with Crippen molar-refractivity contribution >= 4 is 38.0 Å². The fourth-order valence-corrected chi connectivity index (χ4v) is 5.69. The van der Waals surface area contributed by atoms with Gasteiger partial charge in [-0.2, -0.15) is 0 Å². The van der Waals surface area contributed by atoms with Gasteiger partial charge in [0, 0.05) is 17.3 Å². The number of nitrogens with two attached hydrogens (primary N) is 2. The monoisotopic (exact) mass is 405 g/mol. The Morgan fingerprint density at radius 2 is 1.07 bits per heavy atom. The van der Waals surface area contributed by atoms with Crippen LogP contribution in [0.4, 0.5) is 11.5 Å². The second-order valence-electron chi connectivity index (χ2n) is 9.50. The first-order valence-electron chi connectivity index (χ1n) is 9.74. The highest BCUT2D eigenvalue weighted by molar-refractivity contribution is 6.89. The van der Waals surface area contributed by atoms with E-state index >= 15 is 0 Å². The van der Waals surface area contributed by atoms with E-state index in [-0.39, 0.29) is 0 Å². The fraction of sp³-hybridized carbons (Fsp3) is 0.261. The Balaban J connectivity index is 2.06. The highest BCUT2D eigenvalue weighted by atomic mass is 28.3. The highest BCUT2D eigenvalue weighted by Gasteiger charge is 2.19. The van der Waals surface area contributed by atoms with E-state index in [1.807, 2.05) is 0 Å². The van der Waals surface area contributed by atoms with Crippen LogP contribution in [0.1, 0.15) is 0 Å². The maximum atomic E-state index is 6.59.